The van der Waals surface area contributed by atoms with Gasteiger partial charge in [-0.05, 0) is 18.3 Å². The van der Waals surface area contributed by atoms with Gasteiger partial charge in [-0.25, -0.2) is 0 Å². The molecule has 0 N–H and O–H groups in total. The highest BCUT2D eigenvalue weighted by atomic mass is 35.5. The summed E-state index contributed by atoms with van der Waals surface area (Å²) in [5, 5.41) is 0.122. The van der Waals surface area contributed by atoms with E-state index in [-0.39, 0.29) is 40.3 Å². The third-order valence-electron chi connectivity index (χ3n) is 3.59. The first kappa shape index (κ1) is 8.42. The second-order valence-electron chi connectivity index (χ2n) is 4.26. The average Bonchev–Trinajstić information content (AvgIpc) is 2.73. The molecule has 0 radical (unpaired) electrons. The van der Waals surface area contributed by atoms with Gasteiger partial charge < -0.3 is 0 Å². The van der Waals surface area contributed by atoms with Gasteiger partial charge in [-0.15, -0.1) is 0 Å². The molecule has 2 nitrogen and oxygen atoms in total. The van der Waals surface area contributed by atoms with E-state index in [1.54, 1.807) is 0 Å². The lowest BCUT2D eigenvalue weighted by Gasteiger charge is -2.27. The predicted octanol–water partition coefficient (Wildman–Crippen LogP) is 1.70. The zero-order valence-corrected chi connectivity index (χ0v) is 8.20. The minimum Gasteiger partial charge on any atom is -0.294 e. The van der Waals surface area contributed by atoms with Crippen LogP contribution in [0.15, 0.2) is 23.3 Å². The van der Waals surface area contributed by atoms with Crippen LogP contribution in [-0.4, -0.2) is 11.6 Å². The summed E-state index contributed by atoms with van der Waals surface area (Å²) in [7, 11) is 0. The first-order valence-corrected chi connectivity index (χ1v) is 5.20. The van der Waals surface area contributed by atoms with E-state index in [0.717, 1.165) is 6.42 Å². The van der Waals surface area contributed by atoms with E-state index in [2.05, 4.69) is 12.2 Å². The van der Waals surface area contributed by atoms with Gasteiger partial charge >= 0.3 is 0 Å². The first-order valence-electron chi connectivity index (χ1n) is 4.82. The molecule has 72 valence electrons. The fourth-order valence-electron chi connectivity index (χ4n) is 3.02. The Hall–Kier alpha value is -0.890. The lowest BCUT2D eigenvalue weighted by atomic mass is 9.75. The summed E-state index contributed by atoms with van der Waals surface area (Å²) >= 11 is 5.73. The molecule has 0 heterocycles. The topological polar surface area (TPSA) is 34.1 Å². The van der Waals surface area contributed by atoms with Gasteiger partial charge in [-0.1, -0.05) is 23.8 Å². The van der Waals surface area contributed by atoms with E-state index in [9.17, 15) is 9.59 Å². The van der Waals surface area contributed by atoms with Gasteiger partial charge in [-0.2, -0.15) is 0 Å². The zero-order valence-electron chi connectivity index (χ0n) is 7.44. The van der Waals surface area contributed by atoms with E-state index in [0.29, 0.717) is 0 Å². The highest BCUT2D eigenvalue weighted by Gasteiger charge is 2.52. The molecular formula is C11H9ClO2. The molecule has 0 amide bonds. The Labute approximate surface area is 86.6 Å². The largest absolute Gasteiger partial charge is 0.294 e. The summed E-state index contributed by atoms with van der Waals surface area (Å²) in [6, 6.07) is 0. The third kappa shape index (κ3) is 0.871. The monoisotopic (exact) mass is 208 g/mol. The van der Waals surface area contributed by atoms with Gasteiger partial charge in [0.25, 0.3) is 0 Å². The Balaban J connectivity index is 2.10. The van der Waals surface area contributed by atoms with Crippen molar-refractivity contribution >= 4 is 23.2 Å². The lowest BCUT2D eigenvalue weighted by molar-refractivity contribution is -0.129. The number of carbonyl (C=O) groups is 2. The Kier molecular flexibility index (Phi) is 1.55. The van der Waals surface area contributed by atoms with Crippen LogP contribution in [0.2, 0.25) is 0 Å². The second-order valence-corrected chi connectivity index (χ2v) is 4.67. The van der Waals surface area contributed by atoms with Crippen molar-refractivity contribution in [3.63, 3.8) is 0 Å². The maximum atomic E-state index is 11.8. The molecule has 14 heavy (non-hydrogen) atoms. The number of fused-ring (bicyclic) bond motifs is 5. The fraction of sp³-hybridized carbons (Fsp3) is 0.455. The van der Waals surface area contributed by atoms with E-state index in [1.807, 2.05) is 0 Å². The van der Waals surface area contributed by atoms with E-state index < -0.39 is 0 Å². The van der Waals surface area contributed by atoms with Crippen molar-refractivity contribution in [2.45, 2.75) is 6.42 Å². The minimum absolute atomic E-state index is 0.0342. The Morgan fingerprint density at radius 2 is 1.79 bits per heavy atom. The maximum Gasteiger partial charge on any atom is 0.178 e. The van der Waals surface area contributed by atoms with Crippen LogP contribution in [0.3, 0.4) is 0 Å². The molecule has 1 fully saturated rings. The average molecular weight is 209 g/mol. The van der Waals surface area contributed by atoms with Crippen LogP contribution in [0.5, 0.6) is 0 Å². The van der Waals surface area contributed by atoms with Crippen molar-refractivity contribution in [2.75, 3.05) is 0 Å². The number of halogens is 1. The van der Waals surface area contributed by atoms with Gasteiger partial charge in [0, 0.05) is 17.9 Å². The quantitative estimate of drug-likeness (QED) is 0.568. The van der Waals surface area contributed by atoms with Gasteiger partial charge in [0.15, 0.2) is 11.6 Å². The molecule has 0 aliphatic heterocycles. The number of Topliss-reactive ketones (excluding diaryl/α,β-unsaturated/α-hetero) is 1. The number of allylic oxidation sites excluding steroid dienone is 4. The summed E-state index contributed by atoms with van der Waals surface area (Å²) in [6.45, 7) is 0. The summed E-state index contributed by atoms with van der Waals surface area (Å²) in [5.74, 6) is 0.269. The standard InChI is InChI=1S/C11H9ClO2/c12-7-4-8(13)9-5-1-2-6(3-5)10(9)11(7)14/h1-2,4-6,9-10H,3H2/t5-,6-,9+,10-/m0/s1. The molecule has 1 saturated carbocycles. The summed E-state index contributed by atoms with van der Waals surface area (Å²) in [5.41, 5.74) is 0. The number of carbonyl (C=O) groups excluding carboxylic acids is 2. The summed E-state index contributed by atoms with van der Waals surface area (Å²) in [6.07, 6.45) is 6.39. The highest BCUT2D eigenvalue weighted by molar-refractivity contribution is 6.45. The van der Waals surface area contributed by atoms with Gasteiger partial charge in [0.1, 0.15) is 0 Å². The van der Waals surface area contributed by atoms with E-state index >= 15 is 0 Å². The SMILES string of the molecule is O=C1C=C(Cl)C(=O)[C@@H]2[C@@H]1[C@H]1C=C[C@H]2C1. The molecule has 2 bridgehead atoms. The van der Waals surface area contributed by atoms with Gasteiger partial charge in [0.2, 0.25) is 0 Å². The van der Waals surface area contributed by atoms with Crippen LogP contribution in [0, 0.1) is 23.7 Å². The van der Waals surface area contributed by atoms with Crippen molar-refractivity contribution in [3.05, 3.63) is 23.3 Å². The molecule has 0 aromatic carbocycles. The van der Waals surface area contributed by atoms with Crippen LogP contribution < -0.4 is 0 Å². The number of rotatable bonds is 0. The number of hydrogen-bond donors (Lipinski definition) is 0. The van der Waals surface area contributed by atoms with Crippen LogP contribution in [-0.2, 0) is 9.59 Å². The predicted molar refractivity (Wildman–Crippen MR) is 51.7 cm³/mol. The van der Waals surface area contributed by atoms with Crippen molar-refractivity contribution in [2.24, 2.45) is 23.7 Å². The van der Waals surface area contributed by atoms with Gasteiger partial charge in [0.05, 0.1) is 5.03 Å². The zero-order chi connectivity index (χ0) is 9.87. The Morgan fingerprint density at radius 3 is 2.50 bits per heavy atom. The van der Waals surface area contributed by atoms with E-state index in [1.165, 1.54) is 6.08 Å². The molecule has 0 unspecified atom stereocenters. The third-order valence-corrected chi connectivity index (χ3v) is 3.89. The van der Waals surface area contributed by atoms with Crippen molar-refractivity contribution in [1.82, 2.24) is 0 Å². The van der Waals surface area contributed by atoms with Crippen LogP contribution in [0.25, 0.3) is 0 Å². The van der Waals surface area contributed by atoms with Crippen molar-refractivity contribution < 1.29 is 9.59 Å². The Bertz CT molecular complexity index is 394. The molecule has 0 aromatic heterocycles. The number of hydrogen-bond acceptors (Lipinski definition) is 2. The van der Waals surface area contributed by atoms with Crippen LogP contribution in [0.4, 0.5) is 0 Å². The molecular weight excluding hydrogens is 200 g/mol. The summed E-state index contributed by atoms with van der Waals surface area (Å²) < 4.78 is 0. The van der Waals surface area contributed by atoms with Crippen LogP contribution in [0.1, 0.15) is 6.42 Å². The smallest absolute Gasteiger partial charge is 0.178 e. The van der Waals surface area contributed by atoms with Crippen molar-refractivity contribution in [3.8, 4) is 0 Å². The van der Waals surface area contributed by atoms with E-state index in [4.69, 9.17) is 11.6 Å². The van der Waals surface area contributed by atoms with Crippen molar-refractivity contribution in [1.29, 1.82) is 0 Å². The molecule has 0 aromatic rings. The molecule has 0 saturated heterocycles. The Morgan fingerprint density at radius 1 is 1.14 bits per heavy atom. The lowest BCUT2D eigenvalue weighted by Crippen LogP contribution is -2.36. The second kappa shape index (κ2) is 2.57. The molecule has 3 aliphatic rings. The maximum absolute atomic E-state index is 11.8. The molecule has 3 heteroatoms. The normalized spacial score (nSPS) is 44.2. The minimum atomic E-state index is -0.157. The van der Waals surface area contributed by atoms with Crippen LogP contribution >= 0.6 is 11.6 Å². The first-order chi connectivity index (χ1) is 6.68. The van der Waals surface area contributed by atoms with Gasteiger partial charge in [-0.3, -0.25) is 9.59 Å². The molecule has 3 aliphatic carbocycles. The molecule has 3 rings (SSSR count). The fourth-order valence-corrected chi connectivity index (χ4v) is 3.25. The molecule has 0 spiro atoms. The highest BCUT2D eigenvalue weighted by Crippen LogP contribution is 2.51. The molecule has 4 atom stereocenters. The summed E-state index contributed by atoms with van der Waals surface area (Å²) in [4.78, 5) is 23.4. The number of ketones is 2.